The number of aromatic hydroxyl groups is 1. The number of rotatable bonds is 2. The zero-order valence-corrected chi connectivity index (χ0v) is 12.1. The number of carbonyl (C=O) groups is 1. The Morgan fingerprint density at radius 2 is 2.14 bits per heavy atom. The minimum atomic E-state index is -0.0548. The van der Waals surface area contributed by atoms with Gasteiger partial charge in [-0.2, -0.15) is 0 Å². The van der Waals surface area contributed by atoms with Gasteiger partial charge in [0.2, 0.25) is 0 Å². The number of nitrogens with zero attached hydrogens (tertiary/aromatic N) is 3. The van der Waals surface area contributed by atoms with Gasteiger partial charge in [0.05, 0.1) is 5.69 Å². The van der Waals surface area contributed by atoms with Gasteiger partial charge >= 0.3 is 6.03 Å². The number of imidazole rings is 1. The van der Waals surface area contributed by atoms with E-state index in [9.17, 15) is 9.90 Å². The van der Waals surface area contributed by atoms with E-state index < -0.39 is 0 Å². The van der Waals surface area contributed by atoms with Crippen molar-refractivity contribution in [1.82, 2.24) is 14.5 Å². The molecule has 0 saturated heterocycles. The van der Waals surface area contributed by atoms with Crippen molar-refractivity contribution in [2.75, 3.05) is 7.05 Å². The summed E-state index contributed by atoms with van der Waals surface area (Å²) in [7, 11) is 1.85. The van der Waals surface area contributed by atoms with Crippen molar-refractivity contribution in [2.45, 2.75) is 31.7 Å². The van der Waals surface area contributed by atoms with Crippen molar-refractivity contribution in [3.05, 3.63) is 36.8 Å². The predicted molar refractivity (Wildman–Crippen MR) is 80.1 cm³/mol. The Morgan fingerprint density at radius 3 is 2.86 bits per heavy atom. The van der Waals surface area contributed by atoms with Crippen LogP contribution in [-0.2, 0) is 0 Å². The first-order valence-corrected chi connectivity index (χ1v) is 7.26. The maximum absolute atomic E-state index is 12.4. The van der Waals surface area contributed by atoms with Gasteiger partial charge in [-0.05, 0) is 25.0 Å². The van der Waals surface area contributed by atoms with E-state index in [2.05, 4.69) is 4.98 Å². The third-order valence-electron chi connectivity index (χ3n) is 4.12. The lowest BCUT2D eigenvalue weighted by atomic mass is 10.1. The highest BCUT2D eigenvalue weighted by atomic mass is 16.3. The van der Waals surface area contributed by atoms with E-state index in [4.69, 9.17) is 0 Å². The van der Waals surface area contributed by atoms with E-state index in [0.717, 1.165) is 18.4 Å². The van der Waals surface area contributed by atoms with Crippen LogP contribution in [0.1, 0.15) is 25.7 Å². The molecule has 0 bridgehead atoms. The van der Waals surface area contributed by atoms with Crippen LogP contribution in [0.25, 0.3) is 11.3 Å². The fourth-order valence-corrected chi connectivity index (χ4v) is 2.87. The molecule has 0 unspecified atom stereocenters. The van der Waals surface area contributed by atoms with Gasteiger partial charge in [-0.1, -0.05) is 25.0 Å². The molecule has 0 spiro atoms. The number of hydrogen-bond donors (Lipinski definition) is 1. The van der Waals surface area contributed by atoms with Crippen LogP contribution in [0.15, 0.2) is 36.8 Å². The van der Waals surface area contributed by atoms with Gasteiger partial charge in [0.15, 0.2) is 0 Å². The zero-order chi connectivity index (χ0) is 14.8. The maximum Gasteiger partial charge on any atom is 0.329 e. The molecule has 1 amide bonds. The second-order valence-corrected chi connectivity index (χ2v) is 5.55. The molecule has 1 fully saturated rings. The van der Waals surface area contributed by atoms with Crippen molar-refractivity contribution >= 4 is 6.03 Å². The summed E-state index contributed by atoms with van der Waals surface area (Å²) in [6.07, 6.45) is 7.80. The molecular weight excluding hydrogens is 266 g/mol. The number of amides is 1. The fraction of sp³-hybridized carbons (Fsp3) is 0.375. The van der Waals surface area contributed by atoms with Crippen LogP contribution in [0.5, 0.6) is 5.75 Å². The lowest BCUT2D eigenvalue weighted by Crippen LogP contribution is -2.37. The van der Waals surface area contributed by atoms with Crippen molar-refractivity contribution < 1.29 is 9.90 Å². The predicted octanol–water partition coefficient (Wildman–Crippen LogP) is 3.10. The SMILES string of the molecule is CN(C(=O)n1cnc(-c2cccc(O)c2)c1)C1CCCC1. The Kier molecular flexibility index (Phi) is 3.64. The number of carbonyl (C=O) groups excluding carboxylic acids is 1. The standard InChI is InChI=1S/C16H19N3O2/c1-18(13-6-2-3-7-13)16(21)19-10-15(17-11-19)12-5-4-8-14(20)9-12/h4-5,8-11,13,20H,2-3,6-7H2,1H3. The highest BCUT2D eigenvalue weighted by Gasteiger charge is 2.24. The molecule has 1 N–H and O–H groups in total. The molecule has 1 aromatic heterocycles. The van der Waals surface area contributed by atoms with Crippen molar-refractivity contribution in [2.24, 2.45) is 0 Å². The number of hydrogen-bond acceptors (Lipinski definition) is 3. The van der Waals surface area contributed by atoms with Crippen molar-refractivity contribution in [3.63, 3.8) is 0 Å². The van der Waals surface area contributed by atoms with Crippen LogP contribution in [0.4, 0.5) is 4.79 Å². The normalized spacial score (nSPS) is 15.3. The molecule has 5 heteroatoms. The van der Waals surface area contributed by atoms with E-state index in [-0.39, 0.29) is 11.8 Å². The second kappa shape index (κ2) is 5.60. The molecule has 1 aromatic carbocycles. The summed E-state index contributed by atoms with van der Waals surface area (Å²) in [4.78, 5) is 18.5. The van der Waals surface area contributed by atoms with Gasteiger partial charge < -0.3 is 10.0 Å². The number of benzene rings is 1. The van der Waals surface area contributed by atoms with Crippen LogP contribution in [0.2, 0.25) is 0 Å². The van der Waals surface area contributed by atoms with Crippen LogP contribution in [-0.4, -0.2) is 38.7 Å². The molecule has 21 heavy (non-hydrogen) atoms. The van der Waals surface area contributed by atoms with Crippen LogP contribution in [0, 0.1) is 0 Å². The molecule has 1 aliphatic carbocycles. The number of phenols is 1. The Balaban J connectivity index is 1.79. The third-order valence-corrected chi connectivity index (χ3v) is 4.12. The van der Waals surface area contributed by atoms with E-state index in [1.54, 1.807) is 29.3 Å². The highest BCUT2D eigenvalue weighted by Crippen LogP contribution is 2.24. The Bertz CT molecular complexity index is 644. The number of aromatic nitrogens is 2. The summed E-state index contributed by atoms with van der Waals surface area (Å²) in [5, 5.41) is 9.51. The molecule has 3 rings (SSSR count). The van der Waals surface area contributed by atoms with E-state index in [1.165, 1.54) is 23.7 Å². The van der Waals surface area contributed by atoms with Gasteiger partial charge in [0.1, 0.15) is 12.1 Å². The Morgan fingerprint density at radius 1 is 1.38 bits per heavy atom. The van der Waals surface area contributed by atoms with Crippen LogP contribution < -0.4 is 0 Å². The lowest BCUT2D eigenvalue weighted by molar-refractivity contribution is 0.192. The minimum Gasteiger partial charge on any atom is -0.508 e. The Labute approximate surface area is 123 Å². The van der Waals surface area contributed by atoms with Crippen molar-refractivity contribution in [1.29, 1.82) is 0 Å². The summed E-state index contributed by atoms with van der Waals surface area (Å²) >= 11 is 0. The summed E-state index contributed by atoms with van der Waals surface area (Å²) < 4.78 is 1.51. The quantitative estimate of drug-likeness (QED) is 0.922. The number of phenolic OH excluding ortho intramolecular Hbond substituents is 1. The summed E-state index contributed by atoms with van der Waals surface area (Å²) in [5.41, 5.74) is 1.48. The molecule has 0 radical (unpaired) electrons. The average molecular weight is 285 g/mol. The van der Waals surface area contributed by atoms with Gasteiger partial charge in [-0.15, -0.1) is 0 Å². The topological polar surface area (TPSA) is 58.4 Å². The monoisotopic (exact) mass is 285 g/mol. The van der Waals surface area contributed by atoms with Crippen molar-refractivity contribution in [3.8, 4) is 17.0 Å². The molecule has 0 aliphatic heterocycles. The molecule has 1 saturated carbocycles. The maximum atomic E-state index is 12.4. The molecule has 2 aromatic rings. The van der Waals surface area contributed by atoms with Crippen LogP contribution >= 0.6 is 0 Å². The largest absolute Gasteiger partial charge is 0.508 e. The molecule has 1 heterocycles. The van der Waals surface area contributed by atoms with E-state index >= 15 is 0 Å². The third kappa shape index (κ3) is 2.77. The lowest BCUT2D eigenvalue weighted by Gasteiger charge is -2.23. The first-order valence-electron chi connectivity index (χ1n) is 7.26. The Hall–Kier alpha value is -2.30. The smallest absolute Gasteiger partial charge is 0.329 e. The minimum absolute atomic E-state index is 0.0548. The summed E-state index contributed by atoms with van der Waals surface area (Å²) in [5.74, 6) is 0.191. The van der Waals surface area contributed by atoms with Gasteiger partial charge in [-0.25, -0.2) is 9.78 Å². The van der Waals surface area contributed by atoms with Gasteiger partial charge in [-0.3, -0.25) is 4.57 Å². The van der Waals surface area contributed by atoms with Crippen LogP contribution in [0.3, 0.4) is 0 Å². The summed E-state index contributed by atoms with van der Waals surface area (Å²) in [6.45, 7) is 0. The van der Waals surface area contributed by atoms with E-state index in [1.807, 2.05) is 13.1 Å². The average Bonchev–Trinajstić information content (AvgIpc) is 3.17. The molecular formula is C16H19N3O2. The second-order valence-electron chi connectivity index (χ2n) is 5.55. The molecule has 1 aliphatic rings. The fourth-order valence-electron chi connectivity index (χ4n) is 2.87. The molecule has 5 nitrogen and oxygen atoms in total. The zero-order valence-electron chi connectivity index (χ0n) is 12.1. The molecule has 0 atom stereocenters. The molecule has 110 valence electrons. The first-order chi connectivity index (χ1) is 10.1. The van der Waals surface area contributed by atoms with Gasteiger partial charge in [0.25, 0.3) is 0 Å². The van der Waals surface area contributed by atoms with E-state index in [0.29, 0.717) is 11.7 Å². The first kappa shape index (κ1) is 13.7. The highest BCUT2D eigenvalue weighted by molar-refractivity contribution is 5.78. The van der Waals surface area contributed by atoms with Gasteiger partial charge in [0, 0.05) is 24.8 Å². The summed E-state index contributed by atoms with van der Waals surface area (Å²) in [6, 6.07) is 7.15.